The van der Waals surface area contributed by atoms with Crippen molar-refractivity contribution >= 4 is 17.5 Å². The minimum absolute atomic E-state index is 0.0201. The average molecular weight is 432 g/mol. The molecule has 1 atom stereocenters. The molecule has 3 aromatic rings. The van der Waals surface area contributed by atoms with Gasteiger partial charge in [0.1, 0.15) is 18.0 Å². The fraction of sp³-hybridized carbons (Fsp3) is 0.250. The molecule has 0 saturated heterocycles. The number of aromatic nitrogens is 2. The van der Waals surface area contributed by atoms with E-state index in [1.165, 1.54) is 12.1 Å². The Hall–Kier alpha value is -3.94. The minimum atomic E-state index is -0.451. The lowest BCUT2D eigenvalue weighted by molar-refractivity contribution is -0.122. The molecular formula is C24H24N4O4. The van der Waals surface area contributed by atoms with E-state index in [0.717, 1.165) is 27.9 Å². The third-order valence-electron chi connectivity index (χ3n) is 5.43. The summed E-state index contributed by atoms with van der Waals surface area (Å²) in [6, 6.07) is 17.7. The first-order chi connectivity index (χ1) is 15.5. The number of methoxy groups -OCH3 is 1. The van der Waals surface area contributed by atoms with Crippen LogP contribution in [-0.4, -0.2) is 34.7 Å². The Labute approximate surface area is 185 Å². The smallest absolute Gasteiger partial charge is 0.278 e. The summed E-state index contributed by atoms with van der Waals surface area (Å²) < 4.78 is 6.19. The molecule has 1 aliphatic heterocycles. The van der Waals surface area contributed by atoms with E-state index in [0.29, 0.717) is 5.75 Å². The number of hydrogen-bond donors (Lipinski definition) is 1. The van der Waals surface area contributed by atoms with Gasteiger partial charge < -0.3 is 15.0 Å². The lowest BCUT2D eigenvalue weighted by atomic mass is 10.1. The minimum Gasteiger partial charge on any atom is -0.497 e. The monoisotopic (exact) mass is 432 g/mol. The summed E-state index contributed by atoms with van der Waals surface area (Å²) in [6.45, 7) is 1.97. The summed E-state index contributed by atoms with van der Waals surface area (Å²) in [6.07, 6.45) is 0.758. The molecule has 164 valence electrons. The van der Waals surface area contributed by atoms with Crippen LogP contribution in [0.4, 0.5) is 5.69 Å². The molecule has 1 aliphatic rings. The molecular weight excluding hydrogens is 408 g/mol. The predicted octanol–water partition coefficient (Wildman–Crippen LogP) is 2.16. The third-order valence-corrected chi connectivity index (χ3v) is 5.43. The largest absolute Gasteiger partial charge is 0.497 e. The average Bonchev–Trinajstić information content (AvgIpc) is 3.14. The van der Waals surface area contributed by atoms with Crippen LogP contribution in [-0.2, 0) is 24.3 Å². The van der Waals surface area contributed by atoms with E-state index >= 15 is 0 Å². The molecule has 32 heavy (non-hydrogen) atoms. The maximum atomic E-state index is 13.2. The third kappa shape index (κ3) is 4.39. The Bertz CT molecular complexity index is 1220. The summed E-state index contributed by atoms with van der Waals surface area (Å²) >= 11 is 0. The van der Waals surface area contributed by atoms with Crippen LogP contribution < -0.4 is 20.5 Å². The van der Waals surface area contributed by atoms with Crippen molar-refractivity contribution in [3.8, 4) is 5.75 Å². The number of amides is 2. The van der Waals surface area contributed by atoms with Crippen LogP contribution in [0, 0.1) is 0 Å². The van der Waals surface area contributed by atoms with E-state index in [-0.39, 0.29) is 36.6 Å². The first-order valence-electron chi connectivity index (χ1n) is 10.4. The number of nitrogens with one attached hydrogen (secondary N) is 1. The maximum Gasteiger partial charge on any atom is 0.278 e. The molecule has 8 nitrogen and oxygen atoms in total. The summed E-state index contributed by atoms with van der Waals surface area (Å²) in [5, 5.41) is 6.94. The zero-order chi connectivity index (χ0) is 22.7. The van der Waals surface area contributed by atoms with Gasteiger partial charge in [-0.15, -0.1) is 0 Å². The molecule has 1 aromatic heterocycles. The highest BCUT2D eigenvalue weighted by molar-refractivity contribution is 6.06. The first kappa shape index (κ1) is 21.3. The van der Waals surface area contributed by atoms with Crippen molar-refractivity contribution in [3.05, 3.63) is 87.8 Å². The number of carbonyl (C=O) groups is 2. The van der Waals surface area contributed by atoms with Crippen molar-refractivity contribution in [2.24, 2.45) is 0 Å². The SMILES string of the molecule is COc1cccc(CNC(=O)Cn2nc(C(=O)N3c4ccccc4CC3C)ccc2=O)c1. The Morgan fingerprint density at radius 2 is 1.94 bits per heavy atom. The van der Waals surface area contributed by atoms with Gasteiger partial charge in [0.25, 0.3) is 11.5 Å². The van der Waals surface area contributed by atoms with Crippen LogP contribution in [0.25, 0.3) is 0 Å². The van der Waals surface area contributed by atoms with Crippen LogP contribution in [0.3, 0.4) is 0 Å². The molecule has 2 heterocycles. The fourth-order valence-electron chi connectivity index (χ4n) is 3.85. The van der Waals surface area contributed by atoms with E-state index < -0.39 is 5.56 Å². The van der Waals surface area contributed by atoms with Gasteiger partial charge in [-0.3, -0.25) is 14.4 Å². The molecule has 0 radical (unpaired) electrons. The van der Waals surface area contributed by atoms with Gasteiger partial charge in [0, 0.05) is 24.3 Å². The van der Waals surface area contributed by atoms with Gasteiger partial charge in [-0.05, 0) is 48.7 Å². The number of ether oxygens (including phenoxy) is 1. The number of anilines is 1. The second-order valence-electron chi connectivity index (χ2n) is 7.70. The van der Waals surface area contributed by atoms with Crippen LogP contribution in [0.15, 0.2) is 65.5 Å². The van der Waals surface area contributed by atoms with E-state index in [1.807, 2.05) is 55.5 Å². The van der Waals surface area contributed by atoms with Gasteiger partial charge in [0.2, 0.25) is 5.91 Å². The zero-order valence-corrected chi connectivity index (χ0v) is 17.9. The molecule has 0 spiro atoms. The lowest BCUT2D eigenvalue weighted by Gasteiger charge is -2.22. The second kappa shape index (κ2) is 9.05. The Kier molecular flexibility index (Phi) is 6.02. The van der Waals surface area contributed by atoms with Gasteiger partial charge in [-0.2, -0.15) is 5.10 Å². The van der Waals surface area contributed by atoms with Crippen LogP contribution in [0.2, 0.25) is 0 Å². The Morgan fingerprint density at radius 1 is 1.12 bits per heavy atom. The molecule has 0 fully saturated rings. The number of para-hydroxylation sites is 1. The number of rotatable bonds is 6. The Balaban J connectivity index is 1.47. The summed E-state index contributed by atoms with van der Waals surface area (Å²) in [7, 11) is 1.57. The highest BCUT2D eigenvalue weighted by atomic mass is 16.5. The molecule has 1 unspecified atom stereocenters. The molecule has 4 rings (SSSR count). The van der Waals surface area contributed by atoms with Gasteiger partial charge in [0.15, 0.2) is 0 Å². The molecule has 0 aliphatic carbocycles. The van der Waals surface area contributed by atoms with E-state index in [4.69, 9.17) is 4.74 Å². The van der Waals surface area contributed by atoms with Crippen molar-refractivity contribution in [3.63, 3.8) is 0 Å². The highest BCUT2D eigenvalue weighted by Gasteiger charge is 2.32. The quantitative estimate of drug-likeness (QED) is 0.644. The van der Waals surface area contributed by atoms with Crippen molar-refractivity contribution in [2.75, 3.05) is 12.0 Å². The van der Waals surface area contributed by atoms with Crippen LogP contribution >= 0.6 is 0 Å². The summed E-state index contributed by atoms with van der Waals surface area (Å²) in [5.41, 5.74) is 2.48. The van der Waals surface area contributed by atoms with E-state index in [9.17, 15) is 14.4 Å². The maximum absolute atomic E-state index is 13.2. The van der Waals surface area contributed by atoms with Crippen molar-refractivity contribution in [1.29, 1.82) is 0 Å². The van der Waals surface area contributed by atoms with Gasteiger partial charge in [0.05, 0.1) is 7.11 Å². The van der Waals surface area contributed by atoms with Crippen molar-refractivity contribution < 1.29 is 14.3 Å². The van der Waals surface area contributed by atoms with Crippen LogP contribution in [0.5, 0.6) is 5.75 Å². The van der Waals surface area contributed by atoms with Gasteiger partial charge >= 0.3 is 0 Å². The molecule has 1 N–H and O–H groups in total. The molecule has 2 aromatic carbocycles. The van der Waals surface area contributed by atoms with Crippen molar-refractivity contribution in [1.82, 2.24) is 15.1 Å². The second-order valence-corrected chi connectivity index (χ2v) is 7.70. The molecule has 8 heteroatoms. The van der Waals surface area contributed by atoms with E-state index in [2.05, 4.69) is 10.4 Å². The van der Waals surface area contributed by atoms with E-state index in [1.54, 1.807) is 12.0 Å². The lowest BCUT2D eigenvalue weighted by Crippen LogP contribution is -2.38. The van der Waals surface area contributed by atoms with Gasteiger partial charge in [-0.1, -0.05) is 30.3 Å². The summed E-state index contributed by atoms with van der Waals surface area (Å²) in [4.78, 5) is 39.5. The fourth-order valence-corrected chi connectivity index (χ4v) is 3.85. The molecule has 0 bridgehead atoms. The number of carbonyl (C=O) groups excluding carboxylic acids is 2. The standard InChI is InChI=1S/C24H24N4O4/c1-16-12-18-7-3-4-9-21(18)28(16)24(31)20-10-11-23(30)27(26-20)15-22(29)25-14-17-6-5-8-19(13-17)32-2/h3-11,13,16H,12,14-15H2,1-2H3,(H,25,29). The molecule has 2 amide bonds. The van der Waals surface area contributed by atoms with Crippen LogP contribution in [0.1, 0.15) is 28.5 Å². The predicted molar refractivity (Wildman–Crippen MR) is 120 cm³/mol. The number of benzene rings is 2. The number of fused-ring (bicyclic) bond motifs is 1. The number of hydrogen-bond acceptors (Lipinski definition) is 5. The van der Waals surface area contributed by atoms with Crippen molar-refractivity contribution in [2.45, 2.75) is 32.5 Å². The molecule has 0 saturated carbocycles. The first-order valence-corrected chi connectivity index (χ1v) is 10.4. The number of nitrogens with zero attached hydrogens (tertiary/aromatic N) is 3. The Morgan fingerprint density at radius 3 is 2.75 bits per heavy atom. The summed E-state index contributed by atoms with van der Waals surface area (Å²) in [5.74, 6) is 0.0125. The highest BCUT2D eigenvalue weighted by Crippen LogP contribution is 2.32. The normalized spacial score (nSPS) is 14.7. The van der Waals surface area contributed by atoms with Gasteiger partial charge in [-0.25, -0.2) is 4.68 Å². The topological polar surface area (TPSA) is 93.5 Å². The zero-order valence-electron chi connectivity index (χ0n) is 17.9.